The largest absolute Gasteiger partial charge is 0.309 e. The summed E-state index contributed by atoms with van der Waals surface area (Å²) in [6.07, 6.45) is 0.485. The number of halogens is 5. The molecule has 4 aliphatic rings. The maximum atomic E-state index is 14.1. The van der Waals surface area contributed by atoms with Crippen molar-refractivity contribution in [2.45, 2.75) is 44.4 Å². The predicted octanol–water partition coefficient (Wildman–Crippen LogP) is 4.92. The first-order valence-corrected chi connectivity index (χ1v) is 6.43. The lowest BCUT2D eigenvalue weighted by Crippen LogP contribution is -2.55. The van der Waals surface area contributed by atoms with Crippen LogP contribution in [0.5, 0.6) is 0 Å². The molecule has 0 nitrogen and oxygen atoms in total. The summed E-state index contributed by atoms with van der Waals surface area (Å²) in [5, 5.41) is 0. The molecule has 0 unspecified atom stereocenters. The Morgan fingerprint density at radius 1 is 0.833 bits per heavy atom. The van der Waals surface area contributed by atoms with Gasteiger partial charge in [0, 0.05) is 5.41 Å². The van der Waals surface area contributed by atoms with Crippen LogP contribution in [-0.4, -0.2) is 5.92 Å². The lowest BCUT2D eigenvalue weighted by atomic mass is 9.48. The number of alkyl halides is 2. The Bertz CT molecular complexity index is 359. The van der Waals surface area contributed by atoms with E-state index in [1.807, 2.05) is 0 Å². The van der Waals surface area contributed by atoms with E-state index in [2.05, 4.69) is 0 Å². The molecule has 0 aromatic rings. The van der Waals surface area contributed by atoms with Crippen molar-refractivity contribution in [1.29, 1.82) is 0 Å². The molecule has 5 heteroatoms. The van der Waals surface area contributed by atoms with Crippen molar-refractivity contribution in [2.24, 2.45) is 23.2 Å². The summed E-state index contributed by atoms with van der Waals surface area (Å²) in [5.41, 5.74) is -1.55. The Morgan fingerprint density at radius 3 is 1.56 bits per heavy atom. The highest BCUT2D eigenvalue weighted by atomic mass is 19.3. The Hall–Kier alpha value is -0.610. The standard InChI is InChI=1S/C13H15F5/c14-10(11(15)16)13(17,18)12-4-7-1-8(5-12)3-9(2-7)6-12/h7-9H,1-6H2. The molecule has 0 N–H and O–H groups in total. The molecule has 18 heavy (non-hydrogen) atoms. The zero-order chi connectivity index (χ0) is 13.1. The Labute approximate surface area is 102 Å². The van der Waals surface area contributed by atoms with Crippen molar-refractivity contribution in [3.05, 3.63) is 11.9 Å². The molecule has 0 atom stereocenters. The van der Waals surface area contributed by atoms with Gasteiger partial charge in [-0.1, -0.05) is 0 Å². The second-order valence-electron chi connectivity index (χ2n) is 6.35. The van der Waals surface area contributed by atoms with Crippen LogP contribution in [0, 0.1) is 23.2 Å². The van der Waals surface area contributed by atoms with E-state index >= 15 is 0 Å². The molecule has 0 saturated heterocycles. The Morgan fingerprint density at radius 2 is 1.22 bits per heavy atom. The van der Waals surface area contributed by atoms with Crippen molar-refractivity contribution in [3.63, 3.8) is 0 Å². The third-order valence-corrected chi connectivity index (χ3v) is 5.15. The molecule has 4 aliphatic carbocycles. The van der Waals surface area contributed by atoms with Crippen LogP contribution in [0.2, 0.25) is 0 Å². The van der Waals surface area contributed by atoms with Gasteiger partial charge in [-0.25, -0.2) is 0 Å². The van der Waals surface area contributed by atoms with E-state index in [1.165, 1.54) is 0 Å². The topological polar surface area (TPSA) is 0 Å². The molecule has 0 aromatic heterocycles. The van der Waals surface area contributed by atoms with Gasteiger partial charge < -0.3 is 0 Å². The van der Waals surface area contributed by atoms with Crippen molar-refractivity contribution in [3.8, 4) is 0 Å². The van der Waals surface area contributed by atoms with Crippen LogP contribution in [-0.2, 0) is 0 Å². The SMILES string of the molecule is FC(F)=C(F)C(F)(F)C12CC3CC(CC(C3)C1)C2. The zero-order valence-corrected chi connectivity index (χ0v) is 9.86. The maximum Gasteiger partial charge on any atom is 0.309 e. The van der Waals surface area contributed by atoms with Crippen molar-refractivity contribution >= 4 is 0 Å². The highest BCUT2D eigenvalue weighted by Gasteiger charge is 2.65. The normalized spacial score (nSPS) is 42.2. The molecule has 0 spiro atoms. The van der Waals surface area contributed by atoms with Crippen LogP contribution in [0.25, 0.3) is 0 Å². The molecular weight excluding hydrogens is 251 g/mol. The van der Waals surface area contributed by atoms with Gasteiger partial charge in [-0.3, -0.25) is 0 Å². The van der Waals surface area contributed by atoms with E-state index in [9.17, 15) is 22.0 Å². The molecule has 4 saturated carbocycles. The smallest absolute Gasteiger partial charge is 0.199 e. The lowest BCUT2D eigenvalue weighted by Gasteiger charge is -2.58. The molecule has 4 rings (SSSR count). The molecule has 0 amide bonds. The van der Waals surface area contributed by atoms with E-state index in [0.717, 1.165) is 19.3 Å². The van der Waals surface area contributed by atoms with Crippen LogP contribution in [0.3, 0.4) is 0 Å². The van der Waals surface area contributed by atoms with E-state index < -0.39 is 23.2 Å². The van der Waals surface area contributed by atoms with E-state index in [-0.39, 0.29) is 37.0 Å². The van der Waals surface area contributed by atoms with E-state index in [0.29, 0.717) is 0 Å². The Kier molecular flexibility index (Phi) is 2.55. The summed E-state index contributed by atoms with van der Waals surface area (Å²) in [6, 6.07) is 0. The fourth-order valence-electron chi connectivity index (χ4n) is 4.85. The van der Waals surface area contributed by atoms with Gasteiger partial charge in [0.2, 0.25) is 5.83 Å². The second kappa shape index (κ2) is 3.70. The van der Waals surface area contributed by atoms with Crippen LogP contribution in [0.1, 0.15) is 38.5 Å². The average molecular weight is 266 g/mol. The van der Waals surface area contributed by atoms with Crippen LogP contribution >= 0.6 is 0 Å². The summed E-state index contributed by atoms with van der Waals surface area (Å²) in [5.74, 6) is -5.96. The molecule has 4 fully saturated rings. The first kappa shape index (κ1) is 12.4. The molecular formula is C13H15F5. The van der Waals surface area contributed by atoms with E-state index in [1.54, 1.807) is 0 Å². The van der Waals surface area contributed by atoms with Crippen LogP contribution in [0.15, 0.2) is 11.9 Å². The van der Waals surface area contributed by atoms with E-state index in [4.69, 9.17) is 0 Å². The minimum Gasteiger partial charge on any atom is -0.199 e. The average Bonchev–Trinajstić information content (AvgIpc) is 2.25. The molecule has 102 valence electrons. The summed E-state index contributed by atoms with van der Waals surface area (Å²) < 4.78 is 65.9. The number of rotatable bonds is 2. The third-order valence-electron chi connectivity index (χ3n) is 5.15. The molecule has 0 radical (unpaired) electrons. The molecule has 0 heterocycles. The van der Waals surface area contributed by atoms with Gasteiger partial charge in [0.05, 0.1) is 0 Å². The van der Waals surface area contributed by atoms with Gasteiger partial charge in [-0.05, 0) is 56.3 Å². The fraction of sp³-hybridized carbons (Fsp3) is 0.846. The summed E-state index contributed by atoms with van der Waals surface area (Å²) >= 11 is 0. The minimum absolute atomic E-state index is 0.178. The lowest BCUT2D eigenvalue weighted by molar-refractivity contribution is -0.192. The minimum atomic E-state index is -4.00. The number of hydrogen-bond donors (Lipinski definition) is 0. The molecule has 0 aliphatic heterocycles. The number of allylic oxidation sites excluding steroid dienone is 1. The van der Waals surface area contributed by atoms with Gasteiger partial charge in [-0.15, -0.1) is 0 Å². The quantitative estimate of drug-likeness (QED) is 0.622. The predicted molar refractivity (Wildman–Crippen MR) is 55.9 cm³/mol. The summed E-state index contributed by atoms with van der Waals surface area (Å²) in [6.45, 7) is 0. The van der Waals surface area contributed by atoms with Crippen LogP contribution in [0.4, 0.5) is 22.0 Å². The van der Waals surface area contributed by atoms with Crippen LogP contribution < -0.4 is 0 Å². The van der Waals surface area contributed by atoms with Crippen molar-refractivity contribution in [1.82, 2.24) is 0 Å². The Balaban J connectivity index is 1.98. The molecule has 0 aromatic carbocycles. The molecule has 4 bridgehead atoms. The van der Waals surface area contributed by atoms with Crippen molar-refractivity contribution < 1.29 is 22.0 Å². The van der Waals surface area contributed by atoms with Gasteiger partial charge in [0.1, 0.15) is 0 Å². The summed E-state index contributed by atoms with van der Waals surface area (Å²) in [7, 11) is 0. The second-order valence-corrected chi connectivity index (χ2v) is 6.35. The van der Waals surface area contributed by atoms with Crippen molar-refractivity contribution in [2.75, 3.05) is 0 Å². The third kappa shape index (κ3) is 1.55. The van der Waals surface area contributed by atoms with Gasteiger partial charge in [0.25, 0.3) is 0 Å². The summed E-state index contributed by atoms with van der Waals surface area (Å²) in [4.78, 5) is 0. The first-order chi connectivity index (χ1) is 8.34. The van der Waals surface area contributed by atoms with Gasteiger partial charge in [-0.2, -0.15) is 22.0 Å². The highest BCUT2D eigenvalue weighted by Crippen LogP contribution is 2.66. The maximum absolute atomic E-state index is 14.1. The number of hydrogen-bond acceptors (Lipinski definition) is 0. The fourth-order valence-corrected chi connectivity index (χ4v) is 4.85. The highest BCUT2D eigenvalue weighted by molar-refractivity contribution is 5.17. The monoisotopic (exact) mass is 266 g/mol. The first-order valence-electron chi connectivity index (χ1n) is 6.43. The van der Waals surface area contributed by atoms with Gasteiger partial charge >= 0.3 is 12.0 Å². The van der Waals surface area contributed by atoms with Gasteiger partial charge in [0.15, 0.2) is 0 Å². The zero-order valence-electron chi connectivity index (χ0n) is 9.86.